The van der Waals surface area contributed by atoms with Gasteiger partial charge in [0.2, 0.25) is 5.91 Å². The van der Waals surface area contributed by atoms with Crippen LogP contribution in [0.2, 0.25) is 0 Å². The van der Waals surface area contributed by atoms with Crippen molar-refractivity contribution in [2.75, 3.05) is 19.6 Å². The van der Waals surface area contributed by atoms with Crippen molar-refractivity contribution in [1.82, 2.24) is 10.6 Å². The van der Waals surface area contributed by atoms with Gasteiger partial charge >= 0.3 is 0 Å². The molecule has 0 aliphatic heterocycles. The minimum atomic E-state index is 0.123. The van der Waals surface area contributed by atoms with Crippen LogP contribution in [0.15, 0.2) is 12.2 Å². The molecule has 0 aromatic carbocycles. The molecule has 2 aliphatic rings. The molecule has 2 bridgehead atoms. The molecular formula is C14H24N2O. The average Bonchev–Trinajstić information content (AvgIpc) is 2.88. The topological polar surface area (TPSA) is 41.1 Å². The van der Waals surface area contributed by atoms with E-state index in [1.807, 2.05) is 0 Å². The number of hydrogen-bond acceptors (Lipinski definition) is 2. The smallest absolute Gasteiger partial charge is 0.233 e. The number of carbonyl (C=O) groups excluding carboxylic acids is 1. The summed E-state index contributed by atoms with van der Waals surface area (Å²) in [7, 11) is 0. The van der Waals surface area contributed by atoms with Crippen LogP contribution in [-0.2, 0) is 4.79 Å². The van der Waals surface area contributed by atoms with Gasteiger partial charge in [-0.3, -0.25) is 4.79 Å². The predicted molar refractivity (Wildman–Crippen MR) is 69.6 cm³/mol. The molecule has 0 aromatic rings. The summed E-state index contributed by atoms with van der Waals surface area (Å²) >= 11 is 0. The molecule has 0 aromatic heterocycles. The second kappa shape index (κ2) is 5.67. The van der Waals surface area contributed by atoms with Crippen LogP contribution in [-0.4, -0.2) is 25.5 Å². The predicted octanol–water partition coefficient (Wildman–Crippen LogP) is 1.56. The standard InChI is InChI=1S/C14H24N2O/c1-10(2)7-16-14(17)9-15-8-13-6-11-3-4-12(13)5-11/h3-4,10-13,15H,5-9H2,1-2H3,(H,16,17). The quantitative estimate of drug-likeness (QED) is 0.687. The third-order valence-corrected chi connectivity index (χ3v) is 3.82. The minimum Gasteiger partial charge on any atom is -0.355 e. The molecule has 0 heterocycles. The highest BCUT2D eigenvalue weighted by Crippen LogP contribution is 2.42. The van der Waals surface area contributed by atoms with Crippen LogP contribution in [0.5, 0.6) is 0 Å². The second-order valence-corrected chi connectivity index (χ2v) is 5.87. The van der Waals surface area contributed by atoms with Gasteiger partial charge in [-0.2, -0.15) is 0 Å². The Kier molecular flexibility index (Phi) is 4.21. The van der Waals surface area contributed by atoms with Crippen molar-refractivity contribution in [3.05, 3.63) is 12.2 Å². The van der Waals surface area contributed by atoms with E-state index in [4.69, 9.17) is 0 Å². The van der Waals surface area contributed by atoms with E-state index < -0.39 is 0 Å². The normalized spacial score (nSPS) is 30.2. The highest BCUT2D eigenvalue weighted by Gasteiger charge is 2.34. The fourth-order valence-electron chi connectivity index (χ4n) is 2.88. The molecule has 17 heavy (non-hydrogen) atoms. The lowest BCUT2D eigenvalue weighted by Crippen LogP contribution is -2.38. The van der Waals surface area contributed by atoms with Crippen LogP contribution in [0.25, 0.3) is 0 Å². The van der Waals surface area contributed by atoms with Crippen molar-refractivity contribution in [3.8, 4) is 0 Å². The molecule has 2 N–H and O–H groups in total. The van der Waals surface area contributed by atoms with Crippen LogP contribution < -0.4 is 10.6 Å². The lowest BCUT2D eigenvalue weighted by atomic mass is 9.94. The summed E-state index contributed by atoms with van der Waals surface area (Å²) < 4.78 is 0. The van der Waals surface area contributed by atoms with Crippen LogP contribution in [0.4, 0.5) is 0 Å². The summed E-state index contributed by atoms with van der Waals surface area (Å²) in [5.41, 5.74) is 0. The lowest BCUT2D eigenvalue weighted by Gasteiger charge is -2.18. The highest BCUT2D eigenvalue weighted by molar-refractivity contribution is 5.77. The zero-order valence-electron chi connectivity index (χ0n) is 10.9. The monoisotopic (exact) mass is 236 g/mol. The zero-order chi connectivity index (χ0) is 12.3. The molecule has 0 radical (unpaired) electrons. The third kappa shape index (κ3) is 3.56. The average molecular weight is 236 g/mol. The van der Waals surface area contributed by atoms with E-state index in [-0.39, 0.29) is 5.91 Å². The molecule has 2 rings (SSSR count). The van der Waals surface area contributed by atoms with E-state index in [9.17, 15) is 4.79 Å². The van der Waals surface area contributed by atoms with E-state index in [1.54, 1.807) is 0 Å². The number of nitrogens with one attached hydrogen (secondary N) is 2. The van der Waals surface area contributed by atoms with Crippen LogP contribution in [0.3, 0.4) is 0 Å². The van der Waals surface area contributed by atoms with Crippen molar-refractivity contribution in [2.45, 2.75) is 26.7 Å². The maximum Gasteiger partial charge on any atom is 0.233 e. The first-order chi connectivity index (χ1) is 8.15. The first kappa shape index (κ1) is 12.6. The van der Waals surface area contributed by atoms with Crippen molar-refractivity contribution < 1.29 is 4.79 Å². The zero-order valence-corrected chi connectivity index (χ0v) is 10.9. The highest BCUT2D eigenvalue weighted by atomic mass is 16.1. The Labute approximate surface area is 104 Å². The van der Waals surface area contributed by atoms with Gasteiger partial charge in [0.1, 0.15) is 0 Å². The molecule has 1 amide bonds. The van der Waals surface area contributed by atoms with Gasteiger partial charge < -0.3 is 10.6 Å². The summed E-state index contributed by atoms with van der Waals surface area (Å²) in [5, 5.41) is 6.22. The van der Waals surface area contributed by atoms with E-state index in [1.165, 1.54) is 12.8 Å². The van der Waals surface area contributed by atoms with Gasteiger partial charge in [0.15, 0.2) is 0 Å². The molecule has 96 valence electrons. The SMILES string of the molecule is CC(C)CNC(=O)CNCC1CC2C=CC1C2. The van der Waals surface area contributed by atoms with Crippen molar-refractivity contribution in [2.24, 2.45) is 23.7 Å². The van der Waals surface area contributed by atoms with Gasteiger partial charge in [0.05, 0.1) is 6.54 Å². The molecule has 3 nitrogen and oxygen atoms in total. The van der Waals surface area contributed by atoms with Gasteiger partial charge in [-0.25, -0.2) is 0 Å². The first-order valence-corrected chi connectivity index (χ1v) is 6.81. The molecule has 3 atom stereocenters. The molecule has 1 fully saturated rings. The van der Waals surface area contributed by atoms with Gasteiger partial charge in [0, 0.05) is 6.54 Å². The van der Waals surface area contributed by atoms with E-state index in [2.05, 4.69) is 36.6 Å². The minimum absolute atomic E-state index is 0.123. The second-order valence-electron chi connectivity index (χ2n) is 5.87. The Morgan fingerprint density at radius 3 is 2.76 bits per heavy atom. The van der Waals surface area contributed by atoms with E-state index in [0.29, 0.717) is 12.5 Å². The van der Waals surface area contributed by atoms with Gasteiger partial charge in [-0.05, 0) is 43.1 Å². The third-order valence-electron chi connectivity index (χ3n) is 3.82. The maximum absolute atomic E-state index is 11.5. The summed E-state index contributed by atoms with van der Waals surface area (Å²) in [5.74, 6) is 2.99. The number of rotatable bonds is 6. The van der Waals surface area contributed by atoms with Crippen molar-refractivity contribution in [3.63, 3.8) is 0 Å². The van der Waals surface area contributed by atoms with Crippen LogP contribution >= 0.6 is 0 Å². The van der Waals surface area contributed by atoms with Gasteiger partial charge in [-0.1, -0.05) is 26.0 Å². The largest absolute Gasteiger partial charge is 0.355 e. The first-order valence-electron chi connectivity index (χ1n) is 6.81. The van der Waals surface area contributed by atoms with Gasteiger partial charge in [-0.15, -0.1) is 0 Å². The maximum atomic E-state index is 11.5. The molecule has 3 heteroatoms. The van der Waals surface area contributed by atoms with Crippen LogP contribution in [0, 0.1) is 23.7 Å². The Morgan fingerprint density at radius 1 is 1.35 bits per heavy atom. The summed E-state index contributed by atoms with van der Waals surface area (Å²) in [6, 6.07) is 0. The molecule has 2 aliphatic carbocycles. The van der Waals surface area contributed by atoms with Crippen molar-refractivity contribution in [1.29, 1.82) is 0 Å². The lowest BCUT2D eigenvalue weighted by molar-refractivity contribution is -0.120. The summed E-state index contributed by atoms with van der Waals surface area (Å²) in [4.78, 5) is 11.5. The van der Waals surface area contributed by atoms with Crippen molar-refractivity contribution >= 4 is 5.91 Å². The number of carbonyl (C=O) groups is 1. The van der Waals surface area contributed by atoms with Crippen LogP contribution in [0.1, 0.15) is 26.7 Å². The molecule has 0 saturated heterocycles. The van der Waals surface area contributed by atoms with E-state index in [0.717, 1.165) is 30.8 Å². The van der Waals surface area contributed by atoms with E-state index >= 15 is 0 Å². The summed E-state index contributed by atoms with van der Waals surface area (Å²) in [6.07, 6.45) is 7.36. The Balaban J connectivity index is 1.57. The number of allylic oxidation sites excluding steroid dienone is 2. The summed E-state index contributed by atoms with van der Waals surface area (Å²) in [6.45, 7) is 6.44. The Hall–Kier alpha value is -0.830. The number of fused-ring (bicyclic) bond motifs is 2. The number of hydrogen-bond donors (Lipinski definition) is 2. The fourth-order valence-corrected chi connectivity index (χ4v) is 2.88. The fraction of sp³-hybridized carbons (Fsp3) is 0.786. The Morgan fingerprint density at radius 2 is 2.18 bits per heavy atom. The molecule has 0 spiro atoms. The Bertz CT molecular complexity index is 299. The molecule has 3 unspecified atom stereocenters. The number of amides is 1. The molecular weight excluding hydrogens is 212 g/mol. The molecule has 1 saturated carbocycles. The van der Waals surface area contributed by atoms with Gasteiger partial charge in [0.25, 0.3) is 0 Å².